The van der Waals surface area contributed by atoms with Crippen molar-refractivity contribution in [2.75, 3.05) is 18.0 Å². The Kier molecular flexibility index (Phi) is 4.64. The number of aryl methyl sites for hydroxylation is 2. The van der Waals surface area contributed by atoms with Crippen LogP contribution in [-0.2, 0) is 7.05 Å². The van der Waals surface area contributed by atoms with Crippen LogP contribution in [0.15, 0.2) is 28.0 Å². The summed E-state index contributed by atoms with van der Waals surface area (Å²) < 4.78 is 1.48. The number of nitrogens with zero attached hydrogens (tertiary/aromatic N) is 4. The van der Waals surface area contributed by atoms with E-state index in [2.05, 4.69) is 20.3 Å². The summed E-state index contributed by atoms with van der Waals surface area (Å²) in [7, 11) is 1.68. The zero-order valence-corrected chi connectivity index (χ0v) is 14.2. The molecule has 1 saturated heterocycles. The van der Waals surface area contributed by atoms with Crippen LogP contribution in [0.3, 0.4) is 0 Å². The van der Waals surface area contributed by atoms with Crippen LogP contribution in [-0.4, -0.2) is 44.6 Å². The molecule has 2 N–H and O–H groups in total. The number of carbonyl (C=O) groups is 1. The number of anilines is 1. The molecule has 1 aliphatic heterocycles. The van der Waals surface area contributed by atoms with Gasteiger partial charge in [0.1, 0.15) is 5.69 Å². The first-order valence-corrected chi connectivity index (χ1v) is 8.09. The first-order chi connectivity index (χ1) is 11.9. The fourth-order valence-electron chi connectivity index (χ4n) is 2.94. The summed E-state index contributed by atoms with van der Waals surface area (Å²) in [5, 5.41) is 2.89. The lowest BCUT2D eigenvalue weighted by Gasteiger charge is -2.33. The molecular formula is C16H20N6O3. The van der Waals surface area contributed by atoms with Crippen molar-refractivity contribution in [3.8, 4) is 0 Å². The van der Waals surface area contributed by atoms with Crippen LogP contribution in [0.1, 0.15) is 29.0 Å². The molecule has 132 valence electrons. The molecule has 25 heavy (non-hydrogen) atoms. The minimum atomic E-state index is -0.549. The van der Waals surface area contributed by atoms with Gasteiger partial charge in [0.2, 0.25) is 0 Å². The molecule has 3 rings (SSSR count). The molecule has 1 aliphatic rings. The van der Waals surface area contributed by atoms with Gasteiger partial charge in [-0.05, 0) is 25.8 Å². The number of aromatic amines is 1. The molecule has 3 heterocycles. The second-order valence-corrected chi connectivity index (χ2v) is 6.18. The van der Waals surface area contributed by atoms with E-state index < -0.39 is 11.6 Å². The Labute approximate surface area is 143 Å². The summed E-state index contributed by atoms with van der Waals surface area (Å²) in [4.78, 5) is 48.3. The highest BCUT2D eigenvalue weighted by Gasteiger charge is 2.25. The van der Waals surface area contributed by atoms with Crippen molar-refractivity contribution in [2.45, 2.75) is 25.8 Å². The van der Waals surface area contributed by atoms with Gasteiger partial charge < -0.3 is 19.8 Å². The van der Waals surface area contributed by atoms with Gasteiger partial charge in [-0.2, -0.15) is 4.98 Å². The Balaban J connectivity index is 1.73. The third-order valence-corrected chi connectivity index (χ3v) is 4.17. The zero-order valence-electron chi connectivity index (χ0n) is 14.2. The highest BCUT2D eigenvalue weighted by atomic mass is 16.2. The van der Waals surface area contributed by atoms with E-state index in [0.717, 1.165) is 12.8 Å². The molecule has 2 aromatic rings. The van der Waals surface area contributed by atoms with Crippen molar-refractivity contribution in [2.24, 2.45) is 7.05 Å². The van der Waals surface area contributed by atoms with Crippen molar-refractivity contribution in [1.29, 1.82) is 0 Å². The average molecular weight is 344 g/mol. The van der Waals surface area contributed by atoms with Crippen LogP contribution in [0.25, 0.3) is 0 Å². The highest BCUT2D eigenvalue weighted by Crippen LogP contribution is 2.14. The predicted molar refractivity (Wildman–Crippen MR) is 91.8 cm³/mol. The summed E-state index contributed by atoms with van der Waals surface area (Å²) in [5.41, 5.74) is -0.0479. The maximum atomic E-state index is 12.4. The van der Waals surface area contributed by atoms with Gasteiger partial charge >= 0.3 is 5.69 Å². The highest BCUT2D eigenvalue weighted by molar-refractivity contribution is 5.92. The smallest absolute Gasteiger partial charge is 0.345 e. The third kappa shape index (κ3) is 3.76. The monoisotopic (exact) mass is 344 g/mol. The molecule has 9 nitrogen and oxygen atoms in total. The lowest BCUT2D eigenvalue weighted by Crippen LogP contribution is -2.49. The zero-order chi connectivity index (χ0) is 18.0. The standard InChI is InChI=1S/C16H20N6O3/c1-10-8-12(20-16(25)18-10)14(23)19-11-4-3-6-22(9-11)13-15(24)21(2)7-5-17-13/h5,7-8,11H,3-4,6,9H2,1-2H3,(H,19,23)(H,18,20,25). The van der Waals surface area contributed by atoms with Crippen molar-refractivity contribution in [1.82, 2.24) is 24.8 Å². The minimum Gasteiger partial charge on any atom is -0.350 e. The quantitative estimate of drug-likeness (QED) is 0.781. The Morgan fingerprint density at radius 2 is 2.20 bits per heavy atom. The normalized spacial score (nSPS) is 17.4. The number of hydrogen-bond donors (Lipinski definition) is 2. The van der Waals surface area contributed by atoms with Gasteiger partial charge in [0.15, 0.2) is 5.82 Å². The van der Waals surface area contributed by atoms with Crippen molar-refractivity contribution in [3.63, 3.8) is 0 Å². The van der Waals surface area contributed by atoms with Crippen LogP contribution in [0.4, 0.5) is 5.82 Å². The van der Waals surface area contributed by atoms with Gasteiger partial charge in [-0.15, -0.1) is 0 Å². The molecule has 2 aromatic heterocycles. The van der Waals surface area contributed by atoms with Gasteiger partial charge in [0.05, 0.1) is 0 Å². The summed E-state index contributed by atoms with van der Waals surface area (Å²) in [6.07, 6.45) is 4.81. The molecule has 0 saturated carbocycles. The molecule has 0 radical (unpaired) electrons. The number of amides is 1. The van der Waals surface area contributed by atoms with Crippen LogP contribution in [0.2, 0.25) is 0 Å². The van der Waals surface area contributed by atoms with E-state index in [1.165, 1.54) is 10.6 Å². The lowest BCUT2D eigenvalue weighted by atomic mass is 10.1. The fourth-order valence-corrected chi connectivity index (χ4v) is 2.94. The Morgan fingerprint density at radius 3 is 2.96 bits per heavy atom. The van der Waals surface area contributed by atoms with Crippen LogP contribution >= 0.6 is 0 Å². The molecule has 1 unspecified atom stereocenters. The summed E-state index contributed by atoms with van der Waals surface area (Å²) in [6, 6.07) is 1.39. The number of carbonyl (C=O) groups excluding carboxylic acids is 1. The number of piperidine rings is 1. The molecule has 1 atom stereocenters. The van der Waals surface area contributed by atoms with Crippen molar-refractivity contribution < 1.29 is 4.79 Å². The number of aromatic nitrogens is 4. The van der Waals surface area contributed by atoms with Gasteiger partial charge in [0.25, 0.3) is 11.5 Å². The SMILES string of the molecule is Cc1cc(C(=O)NC2CCCN(c3nccn(C)c3=O)C2)nc(=O)[nH]1. The summed E-state index contributed by atoms with van der Waals surface area (Å²) in [5.74, 6) is -0.0101. The third-order valence-electron chi connectivity index (χ3n) is 4.17. The van der Waals surface area contributed by atoms with Crippen molar-refractivity contribution >= 4 is 11.7 Å². The molecule has 0 aliphatic carbocycles. The number of H-pyrrole nitrogens is 1. The Morgan fingerprint density at radius 1 is 1.40 bits per heavy atom. The molecule has 0 spiro atoms. The number of hydrogen-bond acceptors (Lipinski definition) is 6. The van der Waals surface area contributed by atoms with Crippen LogP contribution < -0.4 is 21.5 Å². The fraction of sp³-hybridized carbons (Fsp3) is 0.438. The van der Waals surface area contributed by atoms with E-state index in [4.69, 9.17) is 0 Å². The van der Waals surface area contributed by atoms with E-state index in [1.807, 2.05) is 4.90 Å². The molecular weight excluding hydrogens is 324 g/mol. The maximum Gasteiger partial charge on any atom is 0.345 e. The molecule has 0 bridgehead atoms. The molecule has 9 heteroatoms. The van der Waals surface area contributed by atoms with Crippen molar-refractivity contribution in [3.05, 3.63) is 50.7 Å². The number of nitrogens with one attached hydrogen (secondary N) is 2. The Hall–Kier alpha value is -2.97. The summed E-state index contributed by atoms with van der Waals surface area (Å²) in [6.45, 7) is 2.89. The first-order valence-electron chi connectivity index (χ1n) is 8.09. The maximum absolute atomic E-state index is 12.4. The van der Waals surface area contributed by atoms with Gasteiger partial charge in [-0.3, -0.25) is 9.59 Å². The lowest BCUT2D eigenvalue weighted by molar-refractivity contribution is 0.0927. The first kappa shape index (κ1) is 16.9. The van der Waals surface area contributed by atoms with E-state index >= 15 is 0 Å². The van der Waals surface area contributed by atoms with Gasteiger partial charge in [-0.25, -0.2) is 9.78 Å². The molecule has 1 fully saturated rings. The van der Waals surface area contributed by atoms with Crippen LogP contribution in [0, 0.1) is 6.92 Å². The molecule has 1 amide bonds. The second-order valence-electron chi connectivity index (χ2n) is 6.18. The van der Waals surface area contributed by atoms with E-state index in [-0.39, 0.29) is 17.3 Å². The average Bonchev–Trinajstić information content (AvgIpc) is 2.56. The number of rotatable bonds is 3. The largest absolute Gasteiger partial charge is 0.350 e. The Bertz CT molecular complexity index is 903. The molecule has 0 aromatic carbocycles. The van der Waals surface area contributed by atoms with E-state index in [9.17, 15) is 14.4 Å². The summed E-state index contributed by atoms with van der Waals surface area (Å²) >= 11 is 0. The van der Waals surface area contributed by atoms with E-state index in [1.54, 1.807) is 26.4 Å². The van der Waals surface area contributed by atoms with Gasteiger partial charge in [-0.1, -0.05) is 0 Å². The van der Waals surface area contributed by atoms with Crippen LogP contribution in [0.5, 0.6) is 0 Å². The topological polar surface area (TPSA) is 113 Å². The minimum absolute atomic E-state index is 0.0899. The second kappa shape index (κ2) is 6.88. The van der Waals surface area contributed by atoms with E-state index in [0.29, 0.717) is 24.6 Å². The predicted octanol–water partition coefficient (Wildman–Crippen LogP) is -0.429. The van der Waals surface area contributed by atoms with Gasteiger partial charge in [0, 0.05) is 44.3 Å².